The summed E-state index contributed by atoms with van der Waals surface area (Å²) in [6, 6.07) is 0. The lowest BCUT2D eigenvalue weighted by molar-refractivity contribution is 0.0136. The Kier molecular flexibility index (Phi) is 5.54. The second kappa shape index (κ2) is 7.72. The van der Waals surface area contributed by atoms with Crippen LogP contribution in [0.4, 0.5) is 0 Å². The minimum atomic E-state index is 0.183. The summed E-state index contributed by atoms with van der Waals surface area (Å²) in [5.41, 5.74) is 8.07. The third kappa shape index (κ3) is 3.21. The van der Waals surface area contributed by atoms with E-state index in [1.807, 2.05) is 11.1 Å². The lowest BCUT2D eigenvalue weighted by Gasteiger charge is -2.61. The lowest BCUT2D eigenvalue weighted by Crippen LogP contribution is -2.53. The van der Waals surface area contributed by atoms with Crippen LogP contribution in [0.15, 0.2) is 17.3 Å². The van der Waals surface area contributed by atoms with Crippen LogP contribution in [0.2, 0.25) is 0 Å². The minimum Gasteiger partial charge on any atom is -0.282 e. The standard InChI is InChI=1S/C31H50N2/c1-20(2)10-9-11-21(3)23-14-16-31(8)25-12-13-26-28(4,5)27-22(19-32-33-27)18-29(26,6)24(25)15-17-30(23,31)7/h19-21,23,26H,9-18H2,1-8H3,(H,32,33)/t21-,23+,26-,29+,30+,31-/m0/s1. The second-order valence-electron chi connectivity index (χ2n) is 14.3. The van der Waals surface area contributed by atoms with E-state index in [0.29, 0.717) is 16.2 Å². The van der Waals surface area contributed by atoms with Crippen LogP contribution < -0.4 is 0 Å². The van der Waals surface area contributed by atoms with Gasteiger partial charge in [0.15, 0.2) is 0 Å². The first kappa shape index (κ1) is 23.7. The smallest absolute Gasteiger partial charge is 0.0522 e. The molecule has 1 heterocycles. The van der Waals surface area contributed by atoms with Crippen LogP contribution in [-0.2, 0) is 11.8 Å². The van der Waals surface area contributed by atoms with Crippen LogP contribution in [-0.4, -0.2) is 10.2 Å². The predicted molar refractivity (Wildman–Crippen MR) is 139 cm³/mol. The maximum absolute atomic E-state index is 4.49. The minimum absolute atomic E-state index is 0.183. The highest BCUT2D eigenvalue weighted by Gasteiger charge is 2.63. The number of fused-ring (bicyclic) bond motifs is 5. The van der Waals surface area contributed by atoms with Gasteiger partial charge >= 0.3 is 0 Å². The zero-order valence-corrected chi connectivity index (χ0v) is 22.9. The van der Waals surface area contributed by atoms with Gasteiger partial charge in [-0.25, -0.2) is 0 Å². The topological polar surface area (TPSA) is 28.7 Å². The van der Waals surface area contributed by atoms with E-state index in [9.17, 15) is 0 Å². The summed E-state index contributed by atoms with van der Waals surface area (Å²) in [5.74, 6) is 3.33. The summed E-state index contributed by atoms with van der Waals surface area (Å²) >= 11 is 0. The number of aromatic amines is 1. The number of allylic oxidation sites excluding steroid dienone is 2. The van der Waals surface area contributed by atoms with E-state index in [4.69, 9.17) is 0 Å². The summed E-state index contributed by atoms with van der Waals surface area (Å²) < 4.78 is 0. The summed E-state index contributed by atoms with van der Waals surface area (Å²) in [5, 5.41) is 7.89. The van der Waals surface area contributed by atoms with Crippen molar-refractivity contribution in [3.8, 4) is 0 Å². The molecule has 1 aromatic rings. The Bertz CT molecular complexity index is 934. The van der Waals surface area contributed by atoms with E-state index in [0.717, 1.165) is 23.7 Å². The molecule has 4 aliphatic rings. The molecule has 0 aromatic carbocycles. The van der Waals surface area contributed by atoms with Crippen LogP contribution in [0, 0.1) is 39.9 Å². The Hall–Kier alpha value is -1.05. The van der Waals surface area contributed by atoms with Gasteiger partial charge in [-0.1, -0.05) is 85.8 Å². The molecule has 0 saturated heterocycles. The number of hydrogen-bond donors (Lipinski definition) is 1. The molecule has 1 saturated carbocycles. The molecule has 0 amide bonds. The molecular formula is C31H50N2. The molecule has 2 nitrogen and oxygen atoms in total. The Balaban J connectivity index is 1.48. The number of rotatable bonds is 5. The summed E-state index contributed by atoms with van der Waals surface area (Å²) in [4.78, 5) is 0. The molecule has 0 spiro atoms. The first-order chi connectivity index (χ1) is 15.4. The summed E-state index contributed by atoms with van der Waals surface area (Å²) in [7, 11) is 0. The van der Waals surface area contributed by atoms with Crippen molar-refractivity contribution < 1.29 is 0 Å². The van der Waals surface area contributed by atoms with Gasteiger partial charge in [0.2, 0.25) is 0 Å². The molecule has 6 atom stereocenters. The van der Waals surface area contributed by atoms with Crippen molar-refractivity contribution in [2.24, 2.45) is 39.9 Å². The maximum Gasteiger partial charge on any atom is 0.0522 e. The Labute approximate surface area is 203 Å². The fourth-order valence-corrected chi connectivity index (χ4v) is 10.1. The molecule has 0 unspecified atom stereocenters. The molecular weight excluding hydrogens is 400 g/mol. The molecule has 184 valence electrons. The van der Waals surface area contributed by atoms with Gasteiger partial charge in [0, 0.05) is 11.1 Å². The molecule has 1 aromatic heterocycles. The molecule has 0 aliphatic heterocycles. The van der Waals surface area contributed by atoms with Crippen LogP contribution in [0.3, 0.4) is 0 Å². The van der Waals surface area contributed by atoms with Crippen molar-refractivity contribution in [3.63, 3.8) is 0 Å². The van der Waals surface area contributed by atoms with E-state index < -0.39 is 0 Å². The fourth-order valence-electron chi connectivity index (χ4n) is 10.1. The van der Waals surface area contributed by atoms with Gasteiger partial charge in [-0.15, -0.1) is 0 Å². The number of H-pyrrole nitrogens is 1. The number of aromatic nitrogens is 2. The highest BCUT2D eigenvalue weighted by Crippen LogP contribution is 2.72. The Morgan fingerprint density at radius 3 is 2.45 bits per heavy atom. The van der Waals surface area contributed by atoms with Gasteiger partial charge in [0.1, 0.15) is 0 Å². The fraction of sp³-hybridized carbons (Fsp3) is 0.839. The van der Waals surface area contributed by atoms with Gasteiger partial charge in [0.05, 0.1) is 6.20 Å². The zero-order chi connectivity index (χ0) is 23.8. The SMILES string of the molecule is CC(C)CCC[C@H](C)[C@H]1CC[C@@]2(C)C3=C(CC[C@]12C)[C@@]1(C)Cc2cn[nH]c2C(C)(C)[C@@H]1CC3. The van der Waals surface area contributed by atoms with Crippen molar-refractivity contribution in [2.75, 3.05) is 0 Å². The number of hydrogen-bond acceptors (Lipinski definition) is 1. The van der Waals surface area contributed by atoms with Crippen molar-refractivity contribution in [2.45, 2.75) is 125 Å². The lowest BCUT2D eigenvalue weighted by atomic mass is 9.43. The van der Waals surface area contributed by atoms with Crippen molar-refractivity contribution in [1.82, 2.24) is 10.2 Å². The summed E-state index contributed by atoms with van der Waals surface area (Å²) in [6.45, 7) is 20.4. The quantitative estimate of drug-likeness (QED) is 0.447. The third-order valence-corrected chi connectivity index (χ3v) is 12.0. The van der Waals surface area contributed by atoms with E-state index in [1.54, 1.807) is 0 Å². The van der Waals surface area contributed by atoms with E-state index in [-0.39, 0.29) is 5.41 Å². The average Bonchev–Trinajstić information content (AvgIpc) is 3.30. The molecule has 5 rings (SSSR count). The van der Waals surface area contributed by atoms with E-state index >= 15 is 0 Å². The first-order valence-electron chi connectivity index (χ1n) is 14.2. The van der Waals surface area contributed by atoms with E-state index in [2.05, 4.69) is 71.8 Å². The van der Waals surface area contributed by atoms with Crippen LogP contribution in [0.25, 0.3) is 0 Å². The van der Waals surface area contributed by atoms with Crippen molar-refractivity contribution in [1.29, 1.82) is 0 Å². The van der Waals surface area contributed by atoms with Crippen LogP contribution >= 0.6 is 0 Å². The normalized spacial score (nSPS) is 40.3. The zero-order valence-electron chi connectivity index (χ0n) is 22.9. The van der Waals surface area contributed by atoms with E-state index in [1.165, 1.54) is 75.5 Å². The van der Waals surface area contributed by atoms with Gasteiger partial charge in [-0.2, -0.15) is 5.10 Å². The number of nitrogens with one attached hydrogen (secondary N) is 1. The first-order valence-corrected chi connectivity index (χ1v) is 14.2. The van der Waals surface area contributed by atoms with Crippen LogP contribution in [0.5, 0.6) is 0 Å². The Morgan fingerprint density at radius 2 is 1.73 bits per heavy atom. The number of nitrogens with zero attached hydrogens (tertiary/aromatic N) is 1. The molecule has 1 N–H and O–H groups in total. The van der Waals surface area contributed by atoms with Gasteiger partial charge in [-0.05, 0) is 90.4 Å². The molecule has 2 heteroatoms. The second-order valence-corrected chi connectivity index (χ2v) is 14.3. The average molecular weight is 451 g/mol. The van der Waals surface area contributed by atoms with Crippen molar-refractivity contribution in [3.05, 3.63) is 28.6 Å². The maximum atomic E-state index is 4.49. The van der Waals surface area contributed by atoms with Gasteiger partial charge in [-0.3, -0.25) is 5.10 Å². The predicted octanol–water partition coefficient (Wildman–Crippen LogP) is 8.64. The van der Waals surface area contributed by atoms with Crippen LogP contribution in [0.1, 0.15) is 124 Å². The van der Waals surface area contributed by atoms with Gasteiger partial charge in [0.25, 0.3) is 0 Å². The molecule has 0 bridgehead atoms. The highest BCUT2D eigenvalue weighted by atomic mass is 15.1. The summed E-state index contributed by atoms with van der Waals surface area (Å²) in [6.07, 6.45) is 15.9. The molecule has 33 heavy (non-hydrogen) atoms. The molecule has 1 fully saturated rings. The molecule has 4 aliphatic carbocycles. The van der Waals surface area contributed by atoms with Gasteiger partial charge < -0.3 is 0 Å². The third-order valence-electron chi connectivity index (χ3n) is 12.0. The monoisotopic (exact) mass is 450 g/mol. The largest absolute Gasteiger partial charge is 0.282 e. The Morgan fingerprint density at radius 1 is 0.970 bits per heavy atom. The molecule has 0 radical (unpaired) electrons. The highest BCUT2D eigenvalue weighted by molar-refractivity contribution is 5.44. The van der Waals surface area contributed by atoms with Crippen molar-refractivity contribution >= 4 is 0 Å².